The van der Waals surface area contributed by atoms with E-state index in [9.17, 15) is 0 Å². The highest BCUT2D eigenvalue weighted by Gasteiger charge is 2.38. The Labute approximate surface area is 98.5 Å². The molecule has 2 N–H and O–H groups in total. The number of methoxy groups -OCH3 is 1. The lowest BCUT2D eigenvalue weighted by Gasteiger charge is -2.35. The van der Waals surface area contributed by atoms with Gasteiger partial charge in [-0.2, -0.15) is 0 Å². The fourth-order valence-electron chi connectivity index (χ4n) is 1.31. The van der Waals surface area contributed by atoms with E-state index in [2.05, 4.69) is 22.6 Å². The van der Waals surface area contributed by atoms with E-state index in [1.807, 2.05) is 32.1 Å². The van der Waals surface area contributed by atoms with E-state index in [0.717, 1.165) is 0 Å². The highest BCUT2D eigenvalue weighted by molar-refractivity contribution is 14.1. The number of rotatable bonds is 3. The van der Waals surface area contributed by atoms with Crippen LogP contribution in [0.25, 0.3) is 0 Å². The van der Waals surface area contributed by atoms with Gasteiger partial charge >= 0.3 is 0 Å². The molecule has 0 radical (unpaired) electrons. The summed E-state index contributed by atoms with van der Waals surface area (Å²) in [6, 6.07) is 0. The monoisotopic (exact) mass is 309 g/mol. The molecule has 0 fully saturated rings. The molecule has 0 amide bonds. The molecule has 2 atom stereocenters. The van der Waals surface area contributed by atoms with Crippen LogP contribution in [0.4, 0.5) is 0 Å². The molecule has 1 rings (SSSR count). The third kappa shape index (κ3) is 2.49. The lowest BCUT2D eigenvalue weighted by Crippen LogP contribution is -2.44. The lowest BCUT2D eigenvalue weighted by atomic mass is 10.0. The van der Waals surface area contributed by atoms with Gasteiger partial charge < -0.3 is 15.2 Å². The maximum Gasteiger partial charge on any atom is 0.168 e. The first-order valence-electron chi connectivity index (χ1n) is 4.54. The Kier molecular flexibility index (Phi) is 3.97. The van der Waals surface area contributed by atoms with E-state index in [4.69, 9.17) is 15.2 Å². The zero-order valence-corrected chi connectivity index (χ0v) is 10.8. The van der Waals surface area contributed by atoms with Gasteiger partial charge in [-0.3, -0.25) is 0 Å². The summed E-state index contributed by atoms with van der Waals surface area (Å²) in [5.74, 6) is 0. The van der Waals surface area contributed by atoms with Crippen molar-refractivity contribution >= 4 is 22.6 Å². The number of nitrogens with two attached hydrogens (primary N) is 1. The number of allylic oxidation sites excluding steroid dienone is 2. The van der Waals surface area contributed by atoms with Crippen LogP contribution in [0.1, 0.15) is 13.8 Å². The van der Waals surface area contributed by atoms with E-state index in [1.54, 1.807) is 7.11 Å². The molecule has 3 nitrogen and oxygen atoms in total. The maximum absolute atomic E-state index is 5.88. The molecule has 0 saturated carbocycles. The zero-order chi connectivity index (χ0) is 10.8. The summed E-state index contributed by atoms with van der Waals surface area (Å²) in [6.45, 7) is 3.97. The minimum absolute atomic E-state index is 0.128. The van der Waals surface area contributed by atoms with Crippen molar-refractivity contribution in [1.29, 1.82) is 0 Å². The second-order valence-electron chi connectivity index (χ2n) is 3.49. The van der Waals surface area contributed by atoms with Gasteiger partial charge in [0.05, 0.1) is 6.10 Å². The number of hydrogen-bond acceptors (Lipinski definition) is 3. The predicted octanol–water partition coefficient (Wildman–Crippen LogP) is 1.97. The molecule has 0 aromatic heterocycles. The summed E-state index contributed by atoms with van der Waals surface area (Å²) < 4.78 is 10.7. The van der Waals surface area contributed by atoms with Crippen molar-refractivity contribution in [3.63, 3.8) is 0 Å². The fourth-order valence-corrected chi connectivity index (χ4v) is 2.03. The normalized spacial score (nSPS) is 32.1. The summed E-state index contributed by atoms with van der Waals surface area (Å²) in [4.78, 5) is 0. The van der Waals surface area contributed by atoms with Crippen LogP contribution in [0.3, 0.4) is 0 Å². The van der Waals surface area contributed by atoms with Crippen molar-refractivity contribution in [2.75, 3.05) is 7.11 Å². The van der Waals surface area contributed by atoms with Crippen LogP contribution in [-0.2, 0) is 9.47 Å². The first kappa shape index (κ1) is 12.0. The fraction of sp³-hybridized carbons (Fsp3) is 0.600. The summed E-state index contributed by atoms with van der Waals surface area (Å²) in [5.41, 5.74) is 6.58. The van der Waals surface area contributed by atoms with E-state index in [0.29, 0.717) is 5.70 Å². The molecule has 0 saturated heterocycles. The Morgan fingerprint density at radius 1 is 1.57 bits per heavy atom. The van der Waals surface area contributed by atoms with Crippen molar-refractivity contribution in [2.45, 2.75) is 29.7 Å². The van der Waals surface area contributed by atoms with Gasteiger partial charge in [0.1, 0.15) is 6.10 Å². The number of alkyl halides is 1. The maximum atomic E-state index is 5.88. The minimum atomic E-state index is -0.485. The molecular formula is C10H16INO2. The summed E-state index contributed by atoms with van der Waals surface area (Å²) in [6.07, 6.45) is 5.62. The van der Waals surface area contributed by atoms with Crippen molar-refractivity contribution < 1.29 is 9.47 Å². The second-order valence-corrected chi connectivity index (χ2v) is 5.18. The van der Waals surface area contributed by atoms with Crippen LogP contribution in [0, 0.1) is 0 Å². The van der Waals surface area contributed by atoms with Gasteiger partial charge in [0.2, 0.25) is 0 Å². The van der Waals surface area contributed by atoms with Crippen LogP contribution in [0.5, 0.6) is 0 Å². The molecule has 4 heteroatoms. The summed E-state index contributed by atoms with van der Waals surface area (Å²) >= 11 is 2.21. The van der Waals surface area contributed by atoms with Crippen molar-refractivity contribution in [2.24, 2.45) is 5.73 Å². The molecule has 0 spiro atoms. The number of ether oxygens (including phenoxy) is 2. The van der Waals surface area contributed by atoms with Crippen LogP contribution in [0.15, 0.2) is 23.9 Å². The van der Waals surface area contributed by atoms with Crippen molar-refractivity contribution in [3.8, 4) is 0 Å². The van der Waals surface area contributed by atoms with Gasteiger partial charge in [0.15, 0.2) is 3.61 Å². The van der Waals surface area contributed by atoms with Crippen molar-refractivity contribution in [1.82, 2.24) is 0 Å². The Morgan fingerprint density at radius 3 is 2.71 bits per heavy atom. The molecule has 14 heavy (non-hydrogen) atoms. The van der Waals surface area contributed by atoms with Gasteiger partial charge in [-0.1, -0.05) is 6.08 Å². The van der Waals surface area contributed by atoms with E-state index in [-0.39, 0.29) is 12.2 Å². The summed E-state index contributed by atoms with van der Waals surface area (Å²) in [5, 5.41) is 0. The first-order chi connectivity index (χ1) is 6.49. The first-order valence-corrected chi connectivity index (χ1v) is 5.62. The molecule has 0 aromatic carbocycles. The van der Waals surface area contributed by atoms with Crippen LogP contribution in [0.2, 0.25) is 0 Å². The van der Waals surface area contributed by atoms with Crippen LogP contribution in [-0.4, -0.2) is 22.9 Å². The molecule has 0 aromatic rings. The van der Waals surface area contributed by atoms with E-state index in [1.165, 1.54) is 0 Å². The van der Waals surface area contributed by atoms with Crippen molar-refractivity contribution in [3.05, 3.63) is 23.9 Å². The Bertz CT molecular complexity index is 263. The third-order valence-corrected chi connectivity index (χ3v) is 3.36. The highest BCUT2D eigenvalue weighted by atomic mass is 127. The highest BCUT2D eigenvalue weighted by Crippen LogP contribution is 2.34. The molecule has 0 bridgehead atoms. The van der Waals surface area contributed by atoms with Crippen LogP contribution < -0.4 is 5.73 Å². The largest absolute Gasteiger partial charge is 0.400 e. The Hall–Kier alpha value is -0.0700. The quantitative estimate of drug-likeness (QED) is 0.640. The predicted molar refractivity (Wildman–Crippen MR) is 65.2 cm³/mol. The molecule has 80 valence electrons. The zero-order valence-electron chi connectivity index (χ0n) is 8.66. The third-order valence-electron chi connectivity index (χ3n) is 1.99. The van der Waals surface area contributed by atoms with Gasteiger partial charge in [0, 0.05) is 12.8 Å². The average Bonchev–Trinajstić information content (AvgIpc) is 2.12. The molecule has 2 unspecified atom stereocenters. The van der Waals surface area contributed by atoms with Crippen LogP contribution >= 0.6 is 22.6 Å². The number of hydrogen-bond donors (Lipinski definition) is 1. The standard InChI is InChI=1S/C10H16INO2/c1-7(2)14-9-8(12)5-4-6-10(9,11)13-3/h4-7,9H,12H2,1-3H3. The smallest absolute Gasteiger partial charge is 0.168 e. The van der Waals surface area contributed by atoms with Gasteiger partial charge in [-0.15, -0.1) is 0 Å². The van der Waals surface area contributed by atoms with E-state index < -0.39 is 3.61 Å². The minimum Gasteiger partial charge on any atom is -0.400 e. The average molecular weight is 309 g/mol. The molecule has 1 aliphatic carbocycles. The SMILES string of the molecule is COC1(I)C=CC=C(N)C1OC(C)C. The Morgan fingerprint density at radius 2 is 2.21 bits per heavy atom. The summed E-state index contributed by atoms with van der Waals surface area (Å²) in [7, 11) is 1.66. The van der Waals surface area contributed by atoms with E-state index >= 15 is 0 Å². The molecule has 1 aliphatic rings. The molecular weight excluding hydrogens is 293 g/mol. The molecule has 0 aliphatic heterocycles. The van der Waals surface area contributed by atoms with Gasteiger partial charge in [-0.05, 0) is 48.6 Å². The Balaban J connectivity index is 2.86. The lowest BCUT2D eigenvalue weighted by molar-refractivity contribution is -0.0524. The second kappa shape index (κ2) is 4.63. The van der Waals surface area contributed by atoms with Gasteiger partial charge in [-0.25, -0.2) is 0 Å². The molecule has 0 heterocycles. The topological polar surface area (TPSA) is 44.5 Å². The van der Waals surface area contributed by atoms with Gasteiger partial charge in [0.25, 0.3) is 0 Å². The number of halogens is 1.